The highest BCUT2D eigenvalue weighted by molar-refractivity contribution is 6.01. The number of halogens is 1. The molecule has 7 heteroatoms. The average molecular weight is 394 g/mol. The number of ketones is 2. The summed E-state index contributed by atoms with van der Waals surface area (Å²) in [4.78, 5) is 24.2. The third kappa shape index (κ3) is 2.22. The summed E-state index contributed by atoms with van der Waals surface area (Å²) in [6, 6.07) is 0. The molecule has 0 heterocycles. The van der Waals surface area contributed by atoms with Crippen molar-refractivity contribution in [3.8, 4) is 0 Å². The topological polar surface area (TPSA) is 115 Å². The van der Waals surface area contributed by atoms with E-state index in [0.717, 1.165) is 0 Å². The standard InChI is InChI=1S/C21H27FO6/c1-19-4-3-10(24)5-13(19)14(22)6-11-12-7-16(26)21(28,17(27)9-23)20(12,2)8-15(25)18(11)19/h3-5,11-12,14-16,18,23,25-26,28H,6-9H2,1-2H3. The Morgan fingerprint density at radius 2 is 1.96 bits per heavy atom. The number of hydrogen-bond donors (Lipinski definition) is 4. The molecule has 0 saturated heterocycles. The van der Waals surface area contributed by atoms with Gasteiger partial charge in [-0.15, -0.1) is 0 Å². The Morgan fingerprint density at radius 3 is 2.61 bits per heavy atom. The second-order valence-electron chi connectivity index (χ2n) is 9.41. The van der Waals surface area contributed by atoms with Gasteiger partial charge in [0.2, 0.25) is 0 Å². The molecule has 6 nitrogen and oxygen atoms in total. The molecule has 9 atom stereocenters. The van der Waals surface area contributed by atoms with Crippen LogP contribution in [0.25, 0.3) is 0 Å². The number of aliphatic hydroxyl groups is 4. The van der Waals surface area contributed by atoms with Crippen LogP contribution in [0.2, 0.25) is 0 Å². The highest BCUT2D eigenvalue weighted by Crippen LogP contribution is 2.67. The number of rotatable bonds is 2. The molecule has 0 bridgehead atoms. The Bertz CT molecular complexity index is 792. The maximum absolute atomic E-state index is 15.2. The van der Waals surface area contributed by atoms with Gasteiger partial charge in [0.15, 0.2) is 17.2 Å². The molecular weight excluding hydrogens is 367 g/mol. The molecule has 4 aliphatic carbocycles. The van der Waals surface area contributed by atoms with E-state index in [2.05, 4.69) is 0 Å². The van der Waals surface area contributed by atoms with Crippen LogP contribution in [0.15, 0.2) is 23.8 Å². The lowest BCUT2D eigenvalue weighted by Crippen LogP contribution is -2.64. The Labute approximate surface area is 162 Å². The van der Waals surface area contributed by atoms with Crippen LogP contribution < -0.4 is 0 Å². The fourth-order valence-corrected chi connectivity index (χ4v) is 6.97. The van der Waals surface area contributed by atoms with Crippen LogP contribution in [0.1, 0.15) is 33.1 Å². The number of fused-ring (bicyclic) bond motifs is 5. The lowest BCUT2D eigenvalue weighted by Gasteiger charge is -2.59. The molecule has 0 aromatic heterocycles. The van der Waals surface area contributed by atoms with E-state index in [4.69, 9.17) is 0 Å². The molecule has 4 N–H and O–H groups in total. The van der Waals surface area contributed by atoms with Crippen molar-refractivity contribution in [2.24, 2.45) is 28.6 Å². The monoisotopic (exact) mass is 394 g/mol. The quantitative estimate of drug-likeness (QED) is 0.542. The second-order valence-corrected chi connectivity index (χ2v) is 9.41. The van der Waals surface area contributed by atoms with Crippen LogP contribution >= 0.6 is 0 Å². The number of carbonyl (C=O) groups excluding carboxylic acids is 2. The molecule has 0 aliphatic heterocycles. The lowest BCUT2D eigenvalue weighted by molar-refractivity contribution is -0.192. The molecule has 4 rings (SSSR count). The second kappa shape index (κ2) is 6.05. The van der Waals surface area contributed by atoms with Gasteiger partial charge in [-0.05, 0) is 48.8 Å². The van der Waals surface area contributed by atoms with Crippen LogP contribution in [0.4, 0.5) is 4.39 Å². The van der Waals surface area contributed by atoms with Crippen LogP contribution in [0, 0.1) is 28.6 Å². The minimum Gasteiger partial charge on any atom is -0.393 e. The van der Waals surface area contributed by atoms with Crippen molar-refractivity contribution in [1.29, 1.82) is 0 Å². The van der Waals surface area contributed by atoms with Crippen molar-refractivity contribution >= 4 is 11.6 Å². The van der Waals surface area contributed by atoms with E-state index in [1.807, 2.05) is 6.92 Å². The molecule has 3 saturated carbocycles. The SMILES string of the molecule is CC12C=CC(=O)C=C1C(F)CC1C2C(O)CC2(C)C1CC(O)C2(O)C(=O)CO. The number of aliphatic hydroxyl groups excluding tert-OH is 3. The number of carbonyl (C=O) groups is 2. The number of Topliss-reactive ketones (excluding diaryl/α,β-unsaturated/α-hetero) is 1. The number of allylic oxidation sites excluding steroid dienone is 4. The van der Waals surface area contributed by atoms with Crippen molar-refractivity contribution in [1.82, 2.24) is 0 Å². The summed E-state index contributed by atoms with van der Waals surface area (Å²) in [5.41, 5.74) is -3.84. The minimum absolute atomic E-state index is 0.0414. The van der Waals surface area contributed by atoms with Gasteiger partial charge < -0.3 is 20.4 Å². The molecule has 4 aliphatic rings. The van der Waals surface area contributed by atoms with Gasteiger partial charge in [-0.1, -0.05) is 19.9 Å². The first-order chi connectivity index (χ1) is 13.0. The van der Waals surface area contributed by atoms with Crippen LogP contribution in [0.3, 0.4) is 0 Å². The zero-order valence-corrected chi connectivity index (χ0v) is 16.0. The summed E-state index contributed by atoms with van der Waals surface area (Å²) < 4.78 is 15.2. The molecule has 9 unspecified atom stereocenters. The normalized spacial score (nSPS) is 52.5. The van der Waals surface area contributed by atoms with Gasteiger partial charge in [0.1, 0.15) is 12.8 Å². The lowest BCUT2D eigenvalue weighted by atomic mass is 9.46. The van der Waals surface area contributed by atoms with E-state index < -0.39 is 59.0 Å². The molecule has 154 valence electrons. The largest absolute Gasteiger partial charge is 0.393 e. The fourth-order valence-electron chi connectivity index (χ4n) is 6.97. The summed E-state index contributed by atoms with van der Waals surface area (Å²) in [6.45, 7) is 2.54. The minimum atomic E-state index is -2.18. The first kappa shape index (κ1) is 19.9. The van der Waals surface area contributed by atoms with Crippen molar-refractivity contribution < 1.29 is 34.4 Å². The first-order valence-electron chi connectivity index (χ1n) is 9.82. The average Bonchev–Trinajstić information content (AvgIpc) is 2.83. The Kier molecular flexibility index (Phi) is 4.29. The maximum atomic E-state index is 15.2. The zero-order chi connectivity index (χ0) is 20.6. The molecule has 0 aromatic carbocycles. The van der Waals surface area contributed by atoms with Crippen molar-refractivity contribution in [2.45, 2.75) is 57.1 Å². The van der Waals surface area contributed by atoms with Crippen LogP contribution in [0.5, 0.6) is 0 Å². The van der Waals surface area contributed by atoms with Gasteiger partial charge in [-0.2, -0.15) is 0 Å². The van der Waals surface area contributed by atoms with Crippen LogP contribution in [-0.2, 0) is 9.59 Å². The predicted octanol–water partition coefficient (Wildman–Crippen LogP) is 0.476. The summed E-state index contributed by atoms with van der Waals surface area (Å²) >= 11 is 0. The summed E-state index contributed by atoms with van der Waals surface area (Å²) in [5, 5.41) is 42.2. The molecule has 0 amide bonds. The van der Waals surface area contributed by atoms with E-state index in [0.29, 0.717) is 5.57 Å². The fraction of sp³-hybridized carbons (Fsp3) is 0.714. The summed E-state index contributed by atoms with van der Waals surface area (Å²) in [7, 11) is 0. The molecule has 0 radical (unpaired) electrons. The van der Waals surface area contributed by atoms with E-state index in [1.165, 1.54) is 12.2 Å². The molecule has 0 spiro atoms. The maximum Gasteiger partial charge on any atom is 0.192 e. The predicted molar refractivity (Wildman–Crippen MR) is 96.7 cm³/mol. The van der Waals surface area contributed by atoms with E-state index in [9.17, 15) is 30.0 Å². The smallest absolute Gasteiger partial charge is 0.192 e. The van der Waals surface area contributed by atoms with Gasteiger partial charge >= 0.3 is 0 Å². The molecule has 3 fully saturated rings. The third-order valence-corrected chi connectivity index (χ3v) is 8.27. The van der Waals surface area contributed by atoms with Gasteiger partial charge in [-0.3, -0.25) is 9.59 Å². The van der Waals surface area contributed by atoms with Gasteiger partial charge in [0.25, 0.3) is 0 Å². The Balaban J connectivity index is 1.81. The Morgan fingerprint density at radius 1 is 1.29 bits per heavy atom. The number of alkyl halides is 1. The molecule has 0 aromatic rings. The van der Waals surface area contributed by atoms with Gasteiger partial charge in [0.05, 0.1) is 12.2 Å². The Hall–Kier alpha value is -1.41. The summed E-state index contributed by atoms with van der Waals surface area (Å²) in [5.74, 6) is -2.34. The van der Waals surface area contributed by atoms with Gasteiger partial charge in [0, 0.05) is 16.7 Å². The van der Waals surface area contributed by atoms with E-state index >= 15 is 4.39 Å². The molecule has 28 heavy (non-hydrogen) atoms. The number of hydrogen-bond acceptors (Lipinski definition) is 6. The summed E-state index contributed by atoms with van der Waals surface area (Å²) in [6.07, 6.45) is 0.834. The molecular formula is C21H27FO6. The zero-order valence-electron chi connectivity index (χ0n) is 16.0. The van der Waals surface area contributed by atoms with Crippen molar-refractivity contribution in [3.63, 3.8) is 0 Å². The van der Waals surface area contributed by atoms with Crippen LogP contribution in [-0.4, -0.2) is 62.6 Å². The van der Waals surface area contributed by atoms with E-state index in [1.54, 1.807) is 13.0 Å². The highest BCUT2D eigenvalue weighted by Gasteiger charge is 2.72. The van der Waals surface area contributed by atoms with Crippen molar-refractivity contribution in [3.05, 3.63) is 23.8 Å². The highest BCUT2D eigenvalue weighted by atomic mass is 19.1. The third-order valence-electron chi connectivity index (χ3n) is 8.27. The van der Waals surface area contributed by atoms with Gasteiger partial charge in [-0.25, -0.2) is 4.39 Å². The first-order valence-corrected chi connectivity index (χ1v) is 9.82. The van der Waals surface area contributed by atoms with E-state index in [-0.39, 0.29) is 31.0 Å². The van der Waals surface area contributed by atoms with Crippen molar-refractivity contribution in [2.75, 3.05) is 6.61 Å².